The molecule has 2 heterocycles. The normalized spacial score (nSPS) is 11.2. The summed E-state index contributed by atoms with van der Waals surface area (Å²) in [6, 6.07) is 23.9. The Balaban J connectivity index is 1.40. The van der Waals surface area contributed by atoms with Crippen LogP contribution < -0.4 is 5.32 Å². The molecule has 1 N–H and O–H groups in total. The van der Waals surface area contributed by atoms with Crippen molar-refractivity contribution in [2.45, 2.75) is 6.54 Å². The standard InChI is InChI=1S/C23H16BrN3OS/c24-18-8-4-5-15(11-18)13-25-22(28)17-9-10-20-21(12-17)29-23-26-19(14-27(20)23)16-6-2-1-3-7-16/h1-12,14H,13H2,(H,25,28). The molecule has 0 aliphatic rings. The first-order valence-electron chi connectivity index (χ1n) is 9.17. The molecule has 0 atom stereocenters. The Kier molecular flexibility index (Phi) is 4.66. The highest BCUT2D eigenvalue weighted by Crippen LogP contribution is 2.30. The molecule has 29 heavy (non-hydrogen) atoms. The Labute approximate surface area is 180 Å². The number of carbonyl (C=O) groups is 1. The van der Waals surface area contributed by atoms with Gasteiger partial charge in [-0.1, -0.05) is 69.7 Å². The van der Waals surface area contributed by atoms with E-state index in [0.717, 1.165) is 36.5 Å². The Morgan fingerprint density at radius 1 is 1.03 bits per heavy atom. The Morgan fingerprint density at radius 2 is 1.90 bits per heavy atom. The minimum absolute atomic E-state index is 0.0807. The van der Waals surface area contributed by atoms with Crippen molar-refractivity contribution >= 4 is 48.4 Å². The summed E-state index contributed by atoms with van der Waals surface area (Å²) < 4.78 is 4.13. The minimum Gasteiger partial charge on any atom is -0.348 e. The molecule has 4 nitrogen and oxygen atoms in total. The molecule has 0 aliphatic carbocycles. The topological polar surface area (TPSA) is 46.4 Å². The van der Waals surface area contributed by atoms with Gasteiger partial charge in [-0.3, -0.25) is 9.20 Å². The molecule has 142 valence electrons. The number of amides is 1. The zero-order valence-corrected chi connectivity index (χ0v) is 17.7. The lowest BCUT2D eigenvalue weighted by Crippen LogP contribution is -2.22. The maximum Gasteiger partial charge on any atom is 0.251 e. The van der Waals surface area contributed by atoms with Crippen molar-refractivity contribution in [3.05, 3.63) is 94.6 Å². The van der Waals surface area contributed by atoms with Crippen LogP contribution in [0.4, 0.5) is 0 Å². The number of rotatable bonds is 4. The molecule has 1 amide bonds. The molecule has 2 aromatic heterocycles. The highest BCUT2D eigenvalue weighted by molar-refractivity contribution is 9.10. The van der Waals surface area contributed by atoms with Crippen LogP contribution in [0.5, 0.6) is 0 Å². The van der Waals surface area contributed by atoms with Crippen LogP contribution >= 0.6 is 27.3 Å². The van der Waals surface area contributed by atoms with E-state index < -0.39 is 0 Å². The number of fused-ring (bicyclic) bond motifs is 3. The lowest BCUT2D eigenvalue weighted by Gasteiger charge is -2.06. The van der Waals surface area contributed by atoms with Crippen molar-refractivity contribution in [3.8, 4) is 11.3 Å². The summed E-state index contributed by atoms with van der Waals surface area (Å²) in [5.41, 5.74) is 4.81. The van der Waals surface area contributed by atoms with E-state index in [-0.39, 0.29) is 5.91 Å². The number of carbonyl (C=O) groups excluding carboxylic acids is 1. The first-order chi connectivity index (χ1) is 14.2. The van der Waals surface area contributed by atoms with Gasteiger partial charge in [0.25, 0.3) is 5.91 Å². The van der Waals surface area contributed by atoms with E-state index in [1.54, 1.807) is 11.3 Å². The second-order valence-electron chi connectivity index (χ2n) is 6.74. The monoisotopic (exact) mass is 461 g/mol. The quantitative estimate of drug-likeness (QED) is 0.361. The van der Waals surface area contributed by atoms with Gasteiger partial charge in [-0.25, -0.2) is 4.98 Å². The molecule has 0 fully saturated rings. The van der Waals surface area contributed by atoms with E-state index in [9.17, 15) is 4.79 Å². The van der Waals surface area contributed by atoms with Crippen molar-refractivity contribution in [2.24, 2.45) is 0 Å². The smallest absolute Gasteiger partial charge is 0.251 e. The third-order valence-corrected chi connectivity index (χ3v) is 6.28. The molecule has 0 aliphatic heterocycles. The first kappa shape index (κ1) is 18.1. The maximum absolute atomic E-state index is 12.6. The summed E-state index contributed by atoms with van der Waals surface area (Å²) in [6.07, 6.45) is 2.05. The van der Waals surface area contributed by atoms with Gasteiger partial charge in [-0.05, 0) is 35.9 Å². The second-order valence-corrected chi connectivity index (χ2v) is 8.67. The zero-order valence-electron chi connectivity index (χ0n) is 15.3. The molecule has 0 radical (unpaired) electrons. The molecular weight excluding hydrogens is 446 g/mol. The lowest BCUT2D eigenvalue weighted by molar-refractivity contribution is 0.0951. The number of imidazole rings is 1. The van der Waals surface area contributed by atoms with Gasteiger partial charge in [0.2, 0.25) is 0 Å². The van der Waals surface area contributed by atoms with Crippen LogP contribution in [-0.2, 0) is 6.54 Å². The first-order valence-corrected chi connectivity index (χ1v) is 10.8. The Hall–Kier alpha value is -2.96. The highest BCUT2D eigenvalue weighted by atomic mass is 79.9. The number of hydrogen-bond acceptors (Lipinski definition) is 3. The Morgan fingerprint density at radius 3 is 2.72 bits per heavy atom. The van der Waals surface area contributed by atoms with Gasteiger partial charge >= 0.3 is 0 Å². The van der Waals surface area contributed by atoms with Gasteiger partial charge in [-0.2, -0.15) is 0 Å². The summed E-state index contributed by atoms with van der Waals surface area (Å²) in [5.74, 6) is -0.0807. The van der Waals surface area contributed by atoms with Crippen LogP contribution in [0.1, 0.15) is 15.9 Å². The molecular formula is C23H16BrN3OS. The number of thiazole rings is 1. The number of aromatic nitrogens is 2. The highest BCUT2D eigenvalue weighted by Gasteiger charge is 2.13. The fourth-order valence-corrected chi connectivity index (χ4v) is 4.82. The summed E-state index contributed by atoms with van der Waals surface area (Å²) in [5, 5.41) is 2.99. The van der Waals surface area contributed by atoms with Crippen molar-refractivity contribution in [1.29, 1.82) is 0 Å². The summed E-state index contributed by atoms with van der Waals surface area (Å²) >= 11 is 5.05. The molecule has 5 aromatic rings. The van der Waals surface area contributed by atoms with Crippen molar-refractivity contribution in [1.82, 2.24) is 14.7 Å². The van der Waals surface area contributed by atoms with Crippen LogP contribution in [-0.4, -0.2) is 15.3 Å². The SMILES string of the molecule is O=C(NCc1cccc(Br)c1)c1ccc2c(c1)sc1nc(-c3ccccc3)cn12. The second kappa shape index (κ2) is 7.46. The van der Waals surface area contributed by atoms with E-state index >= 15 is 0 Å². The van der Waals surface area contributed by atoms with Crippen molar-refractivity contribution in [2.75, 3.05) is 0 Å². The van der Waals surface area contributed by atoms with Gasteiger partial charge in [0.15, 0.2) is 4.96 Å². The van der Waals surface area contributed by atoms with Crippen molar-refractivity contribution in [3.63, 3.8) is 0 Å². The fraction of sp³-hybridized carbons (Fsp3) is 0.0435. The third-order valence-electron chi connectivity index (χ3n) is 4.77. The average molecular weight is 462 g/mol. The molecule has 5 rings (SSSR count). The van der Waals surface area contributed by atoms with E-state index in [2.05, 4.69) is 44.0 Å². The van der Waals surface area contributed by atoms with Crippen molar-refractivity contribution < 1.29 is 4.79 Å². The van der Waals surface area contributed by atoms with Crippen LogP contribution in [0.25, 0.3) is 26.4 Å². The number of nitrogens with one attached hydrogen (secondary N) is 1. The number of halogens is 1. The maximum atomic E-state index is 12.6. The third kappa shape index (κ3) is 3.57. The number of hydrogen-bond donors (Lipinski definition) is 1. The molecule has 6 heteroatoms. The molecule has 0 spiro atoms. The predicted octanol–water partition coefficient (Wildman–Crippen LogP) is 5.91. The summed E-state index contributed by atoms with van der Waals surface area (Å²) in [6.45, 7) is 0.491. The summed E-state index contributed by atoms with van der Waals surface area (Å²) in [7, 11) is 0. The zero-order chi connectivity index (χ0) is 19.8. The largest absolute Gasteiger partial charge is 0.348 e. The number of nitrogens with zero attached hydrogens (tertiary/aromatic N) is 2. The molecule has 0 saturated carbocycles. The Bertz CT molecular complexity index is 1340. The minimum atomic E-state index is -0.0807. The van der Waals surface area contributed by atoms with E-state index in [1.165, 1.54) is 0 Å². The summed E-state index contributed by atoms with van der Waals surface area (Å²) in [4.78, 5) is 18.3. The molecule has 0 bridgehead atoms. The van der Waals surface area contributed by atoms with Crippen LogP contribution in [0.3, 0.4) is 0 Å². The van der Waals surface area contributed by atoms with Gasteiger partial charge in [0, 0.05) is 28.3 Å². The van der Waals surface area contributed by atoms with E-state index in [1.807, 2.05) is 60.7 Å². The lowest BCUT2D eigenvalue weighted by atomic mass is 10.2. The van der Waals surface area contributed by atoms with Crippen LogP contribution in [0.2, 0.25) is 0 Å². The van der Waals surface area contributed by atoms with Gasteiger partial charge in [0.05, 0.1) is 15.9 Å². The van der Waals surface area contributed by atoms with Gasteiger partial charge < -0.3 is 5.32 Å². The fourth-order valence-electron chi connectivity index (χ4n) is 3.32. The molecule has 0 saturated heterocycles. The van der Waals surface area contributed by atoms with E-state index in [0.29, 0.717) is 12.1 Å². The average Bonchev–Trinajstić information content (AvgIpc) is 3.30. The van der Waals surface area contributed by atoms with E-state index in [4.69, 9.17) is 4.98 Å². The molecule has 0 unspecified atom stereocenters. The van der Waals surface area contributed by atoms with Gasteiger partial charge in [-0.15, -0.1) is 0 Å². The predicted molar refractivity (Wildman–Crippen MR) is 121 cm³/mol. The van der Waals surface area contributed by atoms with Gasteiger partial charge in [0.1, 0.15) is 0 Å². The van der Waals surface area contributed by atoms with Crippen LogP contribution in [0.15, 0.2) is 83.5 Å². The van der Waals surface area contributed by atoms with Crippen LogP contribution in [0, 0.1) is 0 Å². The number of benzene rings is 3. The molecule has 3 aromatic carbocycles.